The minimum Gasteiger partial charge on any atom is -0.330 e. The van der Waals surface area contributed by atoms with Crippen LogP contribution in [0.25, 0.3) is 5.69 Å². The van der Waals surface area contributed by atoms with Gasteiger partial charge in [-0.1, -0.05) is 18.2 Å². The zero-order valence-electron chi connectivity index (χ0n) is 18.2. The van der Waals surface area contributed by atoms with Crippen LogP contribution in [0.5, 0.6) is 0 Å². The molecule has 3 aromatic rings. The lowest BCUT2D eigenvalue weighted by atomic mass is 10.0. The number of aryl methyl sites for hydroxylation is 1. The number of rotatable bonds is 4. The molecule has 1 aliphatic heterocycles. The zero-order valence-corrected chi connectivity index (χ0v) is 18.2. The number of halogens is 2. The van der Waals surface area contributed by atoms with Gasteiger partial charge in [0.1, 0.15) is 17.5 Å². The van der Waals surface area contributed by atoms with Crippen molar-refractivity contribution in [2.75, 3.05) is 18.5 Å². The van der Waals surface area contributed by atoms with Crippen molar-refractivity contribution in [2.45, 2.75) is 32.7 Å². The Bertz CT molecular complexity index is 1180. The van der Waals surface area contributed by atoms with Gasteiger partial charge in [-0.3, -0.25) is 9.59 Å². The smallest absolute Gasteiger partial charge is 0.258 e. The second kappa shape index (κ2) is 8.53. The second-order valence-electron chi connectivity index (χ2n) is 7.95. The van der Waals surface area contributed by atoms with Crippen LogP contribution < -0.4 is 4.90 Å². The van der Waals surface area contributed by atoms with Gasteiger partial charge in [0.25, 0.3) is 5.91 Å². The summed E-state index contributed by atoms with van der Waals surface area (Å²) >= 11 is 0. The van der Waals surface area contributed by atoms with E-state index in [0.29, 0.717) is 29.9 Å². The Morgan fingerprint density at radius 2 is 1.84 bits per heavy atom. The summed E-state index contributed by atoms with van der Waals surface area (Å²) in [5.41, 5.74) is 1.99. The summed E-state index contributed by atoms with van der Waals surface area (Å²) in [5.74, 6) is -1.96. The van der Waals surface area contributed by atoms with Gasteiger partial charge in [-0.05, 0) is 51.0 Å². The van der Waals surface area contributed by atoms with Crippen molar-refractivity contribution >= 4 is 17.5 Å². The minimum absolute atomic E-state index is 0.0534. The highest BCUT2D eigenvalue weighted by Gasteiger charge is 2.36. The molecule has 2 aromatic carbocycles. The van der Waals surface area contributed by atoms with E-state index in [9.17, 15) is 18.4 Å². The molecule has 0 bridgehead atoms. The number of piperidine rings is 1. The Labute approximate surface area is 185 Å². The van der Waals surface area contributed by atoms with Crippen molar-refractivity contribution in [1.29, 1.82) is 0 Å². The standard InChI is InChI=1S/C24H24F2N4O2/c1-15-22(16(2)30(27-15)20-12-11-17(25)14-19(20)26)24(32)28(3)21-10-7-13-29(23(21)31)18-8-5-4-6-9-18/h4-6,8-9,11-12,14,21H,7,10,13H2,1-3H3. The average Bonchev–Trinajstić information content (AvgIpc) is 3.07. The van der Waals surface area contributed by atoms with Crippen LogP contribution in [0.15, 0.2) is 48.5 Å². The van der Waals surface area contributed by atoms with Crippen molar-refractivity contribution in [3.8, 4) is 5.69 Å². The fourth-order valence-corrected chi connectivity index (χ4v) is 4.24. The summed E-state index contributed by atoms with van der Waals surface area (Å²) in [6, 6.07) is 12.0. The molecule has 4 rings (SSSR count). The van der Waals surface area contributed by atoms with Gasteiger partial charge < -0.3 is 9.80 Å². The summed E-state index contributed by atoms with van der Waals surface area (Å²) in [6.45, 7) is 3.91. The molecule has 0 saturated carbocycles. The lowest BCUT2D eigenvalue weighted by Gasteiger charge is -2.36. The summed E-state index contributed by atoms with van der Waals surface area (Å²) < 4.78 is 28.9. The number of benzene rings is 2. The van der Waals surface area contributed by atoms with Crippen LogP contribution in [0, 0.1) is 25.5 Å². The Morgan fingerprint density at radius 1 is 1.12 bits per heavy atom. The summed E-state index contributed by atoms with van der Waals surface area (Å²) in [7, 11) is 1.61. The first-order chi connectivity index (χ1) is 15.3. The third-order valence-corrected chi connectivity index (χ3v) is 5.91. The minimum atomic E-state index is -0.774. The first kappa shape index (κ1) is 21.7. The topological polar surface area (TPSA) is 58.4 Å². The summed E-state index contributed by atoms with van der Waals surface area (Å²) in [6.07, 6.45) is 1.32. The molecule has 1 aliphatic rings. The number of hydrogen-bond acceptors (Lipinski definition) is 3. The van der Waals surface area contributed by atoms with Gasteiger partial charge in [0.2, 0.25) is 5.91 Å². The number of carbonyl (C=O) groups excluding carboxylic acids is 2. The normalized spacial score (nSPS) is 16.3. The van der Waals surface area contributed by atoms with Crippen LogP contribution in [-0.4, -0.2) is 46.1 Å². The maximum Gasteiger partial charge on any atom is 0.258 e. The van der Waals surface area contributed by atoms with E-state index in [1.165, 1.54) is 15.6 Å². The largest absolute Gasteiger partial charge is 0.330 e. The molecule has 1 atom stereocenters. The molecule has 1 saturated heterocycles. The van der Waals surface area contributed by atoms with E-state index in [1.54, 1.807) is 25.8 Å². The number of aromatic nitrogens is 2. The Hall–Kier alpha value is -3.55. The van der Waals surface area contributed by atoms with Crippen LogP contribution in [0.3, 0.4) is 0 Å². The first-order valence-corrected chi connectivity index (χ1v) is 10.4. The molecule has 0 radical (unpaired) electrons. The maximum atomic E-state index is 14.3. The average molecular weight is 438 g/mol. The number of carbonyl (C=O) groups is 2. The van der Waals surface area contributed by atoms with Gasteiger partial charge in [0.15, 0.2) is 5.82 Å². The molecular formula is C24H24F2N4O2. The van der Waals surface area contributed by atoms with E-state index in [-0.39, 0.29) is 17.5 Å². The highest BCUT2D eigenvalue weighted by molar-refractivity contribution is 6.03. The Kier molecular flexibility index (Phi) is 5.78. The lowest BCUT2D eigenvalue weighted by molar-refractivity contribution is -0.124. The van der Waals surface area contributed by atoms with E-state index >= 15 is 0 Å². The Morgan fingerprint density at radius 3 is 2.53 bits per heavy atom. The molecule has 166 valence electrons. The zero-order chi connectivity index (χ0) is 23.0. The number of nitrogens with zero attached hydrogens (tertiary/aromatic N) is 4. The van der Waals surface area contributed by atoms with Gasteiger partial charge in [-0.25, -0.2) is 13.5 Å². The molecule has 2 amide bonds. The number of hydrogen-bond donors (Lipinski definition) is 0. The third-order valence-electron chi connectivity index (χ3n) is 5.91. The second-order valence-corrected chi connectivity index (χ2v) is 7.95. The van der Waals surface area contributed by atoms with E-state index in [1.807, 2.05) is 30.3 Å². The maximum absolute atomic E-state index is 14.3. The van der Waals surface area contributed by atoms with Crippen LogP contribution in [0.1, 0.15) is 34.6 Å². The SMILES string of the molecule is Cc1nn(-c2ccc(F)cc2F)c(C)c1C(=O)N(C)C1CCCN(c2ccccc2)C1=O. The van der Waals surface area contributed by atoms with Crippen molar-refractivity contribution in [3.05, 3.63) is 77.1 Å². The molecule has 0 N–H and O–H groups in total. The fraction of sp³-hybridized carbons (Fsp3) is 0.292. The van der Waals surface area contributed by atoms with Gasteiger partial charge in [0.05, 0.1) is 17.0 Å². The van der Waals surface area contributed by atoms with Gasteiger partial charge in [-0.15, -0.1) is 0 Å². The molecule has 8 heteroatoms. The summed E-state index contributed by atoms with van der Waals surface area (Å²) in [4.78, 5) is 29.8. The van der Waals surface area contributed by atoms with Crippen molar-refractivity contribution in [1.82, 2.24) is 14.7 Å². The molecular weight excluding hydrogens is 414 g/mol. The molecule has 1 fully saturated rings. The van der Waals surface area contributed by atoms with E-state index in [4.69, 9.17) is 0 Å². The highest BCUT2D eigenvalue weighted by atomic mass is 19.1. The number of anilines is 1. The van der Waals surface area contributed by atoms with Gasteiger partial charge >= 0.3 is 0 Å². The van der Waals surface area contributed by atoms with Gasteiger partial charge in [-0.2, -0.15) is 5.10 Å². The quantitative estimate of drug-likeness (QED) is 0.618. The van der Waals surface area contributed by atoms with E-state index < -0.39 is 17.7 Å². The first-order valence-electron chi connectivity index (χ1n) is 10.4. The predicted molar refractivity (Wildman–Crippen MR) is 117 cm³/mol. The van der Waals surface area contributed by atoms with E-state index in [2.05, 4.69) is 5.10 Å². The monoisotopic (exact) mass is 438 g/mol. The predicted octanol–water partition coefficient (Wildman–Crippen LogP) is 4.03. The van der Waals surface area contributed by atoms with Crippen LogP contribution in [0.4, 0.5) is 14.5 Å². The third kappa shape index (κ3) is 3.77. The molecule has 0 spiro atoms. The van der Waals surface area contributed by atoms with Gasteiger partial charge in [0, 0.05) is 25.3 Å². The fourth-order valence-electron chi connectivity index (χ4n) is 4.24. The summed E-state index contributed by atoms with van der Waals surface area (Å²) in [5, 5.41) is 4.31. The van der Waals surface area contributed by atoms with Crippen LogP contribution >= 0.6 is 0 Å². The van der Waals surface area contributed by atoms with Crippen LogP contribution in [0.2, 0.25) is 0 Å². The molecule has 1 unspecified atom stereocenters. The lowest BCUT2D eigenvalue weighted by Crippen LogP contribution is -2.53. The molecule has 6 nitrogen and oxygen atoms in total. The van der Waals surface area contributed by atoms with Crippen LogP contribution in [-0.2, 0) is 4.79 Å². The molecule has 32 heavy (non-hydrogen) atoms. The van der Waals surface area contributed by atoms with E-state index in [0.717, 1.165) is 24.2 Å². The molecule has 0 aliphatic carbocycles. The van der Waals surface area contributed by atoms with Crippen molar-refractivity contribution in [2.24, 2.45) is 0 Å². The Balaban J connectivity index is 1.63. The van der Waals surface area contributed by atoms with Crippen molar-refractivity contribution < 1.29 is 18.4 Å². The number of para-hydroxylation sites is 1. The highest BCUT2D eigenvalue weighted by Crippen LogP contribution is 2.26. The number of amides is 2. The molecule has 2 heterocycles. The van der Waals surface area contributed by atoms with Crippen molar-refractivity contribution in [3.63, 3.8) is 0 Å². The number of likely N-dealkylation sites (N-methyl/N-ethyl adjacent to an activating group) is 1. The molecule has 1 aromatic heterocycles.